The van der Waals surface area contributed by atoms with Crippen LogP contribution in [0, 0.1) is 6.92 Å². The third kappa shape index (κ3) is 5.49. The highest BCUT2D eigenvalue weighted by Crippen LogP contribution is 2.32. The minimum absolute atomic E-state index is 0.213. The summed E-state index contributed by atoms with van der Waals surface area (Å²) in [4.78, 5) is 17.4. The van der Waals surface area contributed by atoms with Crippen LogP contribution in [0.1, 0.15) is 11.9 Å². The van der Waals surface area contributed by atoms with Gasteiger partial charge in [0.2, 0.25) is 16.2 Å². The van der Waals surface area contributed by atoms with Gasteiger partial charge in [-0.1, -0.05) is 23.1 Å². The number of carbonyl (C=O) groups is 1. The van der Waals surface area contributed by atoms with Gasteiger partial charge in [-0.2, -0.15) is 0 Å². The lowest BCUT2D eigenvalue weighted by molar-refractivity contribution is -0.115. The molecule has 0 aliphatic carbocycles. The molecule has 0 bridgehead atoms. The van der Waals surface area contributed by atoms with Crippen molar-refractivity contribution in [2.24, 2.45) is 0 Å². The first-order valence-corrected chi connectivity index (χ1v) is 12.0. The largest absolute Gasteiger partial charge is 0.497 e. The van der Waals surface area contributed by atoms with Gasteiger partial charge in [0, 0.05) is 11.1 Å². The van der Waals surface area contributed by atoms with Crippen LogP contribution < -0.4 is 14.8 Å². The van der Waals surface area contributed by atoms with Crippen LogP contribution in [-0.4, -0.2) is 50.8 Å². The maximum Gasteiger partial charge on any atom is 0.239 e. The van der Waals surface area contributed by atoms with Crippen LogP contribution in [0.5, 0.6) is 11.5 Å². The van der Waals surface area contributed by atoms with Crippen LogP contribution in [0.15, 0.2) is 53.7 Å². The average molecular weight is 495 g/mol. The molecule has 34 heavy (non-hydrogen) atoms. The maximum absolute atomic E-state index is 12.6. The number of amides is 1. The SMILES string of the molecule is COc1ccc(-c2nnc(SC(C)C(=O)Nc3nnc(C)s3)nc2-c2ccc(OC)cc2)cc1. The van der Waals surface area contributed by atoms with Gasteiger partial charge in [-0.25, -0.2) is 4.98 Å². The van der Waals surface area contributed by atoms with Gasteiger partial charge in [-0.15, -0.1) is 20.4 Å². The van der Waals surface area contributed by atoms with Crippen molar-refractivity contribution in [3.63, 3.8) is 0 Å². The average Bonchev–Trinajstić information content (AvgIpc) is 3.28. The second-order valence-corrected chi connectivity index (χ2v) is 9.61. The van der Waals surface area contributed by atoms with Gasteiger partial charge in [0.15, 0.2) is 0 Å². The normalized spacial score (nSPS) is 11.6. The van der Waals surface area contributed by atoms with Gasteiger partial charge in [-0.3, -0.25) is 10.1 Å². The first kappa shape index (κ1) is 23.6. The Labute approximate surface area is 205 Å². The molecular weight excluding hydrogens is 472 g/mol. The zero-order valence-corrected chi connectivity index (χ0v) is 20.6. The summed E-state index contributed by atoms with van der Waals surface area (Å²) in [6.07, 6.45) is 0. The van der Waals surface area contributed by atoms with Crippen molar-refractivity contribution in [3.8, 4) is 34.0 Å². The number of thioether (sulfide) groups is 1. The van der Waals surface area contributed by atoms with E-state index in [0.717, 1.165) is 27.6 Å². The molecule has 2 aromatic carbocycles. The molecule has 9 nitrogen and oxygen atoms in total. The summed E-state index contributed by atoms with van der Waals surface area (Å²) < 4.78 is 10.5. The monoisotopic (exact) mass is 494 g/mol. The van der Waals surface area contributed by atoms with E-state index in [-0.39, 0.29) is 5.91 Å². The Hall–Kier alpha value is -3.57. The maximum atomic E-state index is 12.6. The van der Waals surface area contributed by atoms with Crippen molar-refractivity contribution in [2.75, 3.05) is 19.5 Å². The molecule has 0 saturated carbocycles. The van der Waals surface area contributed by atoms with E-state index in [1.807, 2.05) is 55.5 Å². The minimum Gasteiger partial charge on any atom is -0.497 e. The lowest BCUT2D eigenvalue weighted by Gasteiger charge is -2.12. The van der Waals surface area contributed by atoms with Gasteiger partial charge in [0.1, 0.15) is 27.9 Å². The Morgan fingerprint density at radius 2 is 1.47 bits per heavy atom. The molecule has 174 valence electrons. The fourth-order valence-electron chi connectivity index (χ4n) is 3.02. The number of hydrogen-bond acceptors (Lipinski definition) is 10. The fraction of sp³-hybridized carbons (Fsp3) is 0.217. The van der Waals surface area contributed by atoms with Crippen LogP contribution in [0.2, 0.25) is 0 Å². The second-order valence-electron chi connectivity index (χ2n) is 7.12. The number of hydrogen-bond donors (Lipinski definition) is 1. The molecule has 2 heterocycles. The van der Waals surface area contributed by atoms with E-state index in [0.29, 0.717) is 21.7 Å². The molecular formula is C23H22N6O3S2. The highest BCUT2D eigenvalue weighted by molar-refractivity contribution is 8.00. The lowest BCUT2D eigenvalue weighted by Crippen LogP contribution is -2.22. The Kier molecular flexibility index (Phi) is 7.33. The molecule has 1 unspecified atom stereocenters. The number of anilines is 1. The molecule has 0 fully saturated rings. The molecule has 1 N–H and O–H groups in total. The van der Waals surface area contributed by atoms with Crippen molar-refractivity contribution >= 4 is 34.1 Å². The zero-order chi connectivity index (χ0) is 24.1. The Bertz CT molecular complexity index is 1280. The number of nitrogens with one attached hydrogen (secondary N) is 1. The van der Waals surface area contributed by atoms with Gasteiger partial charge in [0.25, 0.3) is 0 Å². The Morgan fingerprint density at radius 1 is 0.882 bits per heavy atom. The molecule has 2 aromatic heterocycles. The summed E-state index contributed by atoms with van der Waals surface area (Å²) in [6.45, 7) is 3.61. The number of aryl methyl sites for hydroxylation is 1. The standard InChI is InChI=1S/C23H22N6O3S2/c1-13(21(30)25-23-28-26-14(2)34-23)33-22-24-19(15-5-9-17(31-3)10-6-15)20(27-29-22)16-7-11-18(32-4)12-8-16/h5-13H,1-4H3,(H,25,28,30). The van der Waals surface area contributed by atoms with Gasteiger partial charge in [-0.05, 0) is 62.4 Å². The van der Waals surface area contributed by atoms with Crippen LogP contribution in [-0.2, 0) is 4.79 Å². The van der Waals surface area contributed by atoms with E-state index in [1.54, 1.807) is 21.1 Å². The highest BCUT2D eigenvalue weighted by Gasteiger charge is 2.20. The van der Waals surface area contributed by atoms with E-state index in [2.05, 4.69) is 25.7 Å². The summed E-state index contributed by atoms with van der Waals surface area (Å²) in [5.41, 5.74) is 2.97. The number of aromatic nitrogens is 5. The van der Waals surface area contributed by atoms with Crippen molar-refractivity contribution in [3.05, 3.63) is 53.5 Å². The van der Waals surface area contributed by atoms with Crippen LogP contribution in [0.25, 0.3) is 22.5 Å². The predicted octanol–water partition coefficient (Wildman–Crippen LogP) is 4.50. The first-order valence-electron chi connectivity index (χ1n) is 10.3. The van der Waals surface area contributed by atoms with E-state index < -0.39 is 5.25 Å². The number of ether oxygens (including phenoxy) is 2. The smallest absolute Gasteiger partial charge is 0.239 e. The van der Waals surface area contributed by atoms with Crippen molar-refractivity contribution < 1.29 is 14.3 Å². The second kappa shape index (κ2) is 10.6. The number of rotatable bonds is 8. The van der Waals surface area contributed by atoms with Crippen LogP contribution in [0.4, 0.5) is 5.13 Å². The Morgan fingerprint density at radius 3 is 2.00 bits per heavy atom. The number of carbonyl (C=O) groups excluding carboxylic acids is 1. The molecule has 0 aliphatic heterocycles. The Balaban J connectivity index is 1.63. The summed E-state index contributed by atoms with van der Waals surface area (Å²) >= 11 is 2.54. The van der Waals surface area contributed by atoms with E-state index in [4.69, 9.17) is 14.5 Å². The van der Waals surface area contributed by atoms with Crippen molar-refractivity contribution in [1.29, 1.82) is 0 Å². The summed E-state index contributed by atoms with van der Waals surface area (Å²) in [5.74, 6) is 1.27. The lowest BCUT2D eigenvalue weighted by atomic mass is 10.0. The molecule has 0 saturated heterocycles. The predicted molar refractivity (Wildman–Crippen MR) is 132 cm³/mol. The molecule has 11 heteroatoms. The quantitative estimate of drug-likeness (QED) is 0.354. The third-order valence-corrected chi connectivity index (χ3v) is 6.51. The molecule has 4 rings (SSSR count). The van der Waals surface area contributed by atoms with Crippen LogP contribution in [0.3, 0.4) is 0 Å². The minimum atomic E-state index is -0.471. The molecule has 0 aliphatic rings. The first-order chi connectivity index (χ1) is 16.5. The van der Waals surface area contributed by atoms with E-state index >= 15 is 0 Å². The zero-order valence-electron chi connectivity index (χ0n) is 19.0. The van der Waals surface area contributed by atoms with Crippen molar-refractivity contribution in [2.45, 2.75) is 24.3 Å². The highest BCUT2D eigenvalue weighted by atomic mass is 32.2. The van der Waals surface area contributed by atoms with Crippen LogP contribution >= 0.6 is 23.1 Å². The topological polar surface area (TPSA) is 112 Å². The van der Waals surface area contributed by atoms with Gasteiger partial charge in [0.05, 0.1) is 19.5 Å². The third-order valence-electron chi connectivity index (χ3n) is 4.80. The number of methoxy groups -OCH3 is 2. The molecule has 1 atom stereocenters. The molecule has 0 radical (unpaired) electrons. The molecule has 4 aromatic rings. The van der Waals surface area contributed by atoms with E-state index in [1.165, 1.54) is 23.1 Å². The number of benzene rings is 2. The summed E-state index contributed by atoms with van der Waals surface area (Å²) in [7, 11) is 3.24. The molecule has 1 amide bonds. The van der Waals surface area contributed by atoms with Gasteiger partial charge < -0.3 is 9.47 Å². The van der Waals surface area contributed by atoms with E-state index in [9.17, 15) is 4.79 Å². The molecule has 0 spiro atoms. The number of nitrogens with zero attached hydrogens (tertiary/aromatic N) is 5. The van der Waals surface area contributed by atoms with Gasteiger partial charge >= 0.3 is 0 Å². The summed E-state index contributed by atoms with van der Waals surface area (Å²) in [6, 6.07) is 15.1. The van der Waals surface area contributed by atoms with Crippen molar-refractivity contribution in [1.82, 2.24) is 25.4 Å². The fourth-order valence-corrected chi connectivity index (χ4v) is 4.33. The summed E-state index contributed by atoms with van der Waals surface area (Å²) in [5, 5.41) is 20.5.